The molecular formula is C7H14N4O2S. The van der Waals surface area contributed by atoms with Gasteiger partial charge in [0.05, 0.1) is 12.4 Å². The number of rotatable bonds is 1. The second kappa shape index (κ2) is 5.63. The van der Waals surface area contributed by atoms with Crippen molar-refractivity contribution in [1.29, 1.82) is 0 Å². The maximum atomic E-state index is 10.5. The van der Waals surface area contributed by atoms with E-state index in [0.717, 1.165) is 12.4 Å². The van der Waals surface area contributed by atoms with Crippen molar-refractivity contribution in [3.63, 3.8) is 0 Å². The van der Waals surface area contributed by atoms with Gasteiger partial charge in [0.2, 0.25) is 10.0 Å². The third-order valence-corrected chi connectivity index (χ3v) is 1.73. The Bertz CT molecular complexity index is 346. The minimum atomic E-state index is -3.63. The van der Waals surface area contributed by atoms with Crippen molar-refractivity contribution in [2.45, 2.75) is 4.90 Å². The molecule has 0 atom stereocenters. The molecule has 0 bridgehead atoms. The summed E-state index contributed by atoms with van der Waals surface area (Å²) in [5.41, 5.74) is 0. The van der Waals surface area contributed by atoms with Crippen LogP contribution in [0.1, 0.15) is 0 Å². The second-order valence-corrected chi connectivity index (χ2v) is 4.52. The van der Waals surface area contributed by atoms with Crippen LogP contribution in [0.25, 0.3) is 0 Å². The van der Waals surface area contributed by atoms with E-state index in [-0.39, 0.29) is 4.90 Å². The lowest BCUT2D eigenvalue weighted by atomic mass is 10.7. The summed E-state index contributed by atoms with van der Waals surface area (Å²) in [5, 5.41) is 4.75. The molecule has 0 saturated heterocycles. The molecular weight excluding hydrogens is 204 g/mol. The monoisotopic (exact) mass is 218 g/mol. The van der Waals surface area contributed by atoms with Crippen LogP contribution in [-0.2, 0) is 10.0 Å². The van der Waals surface area contributed by atoms with E-state index in [0.29, 0.717) is 0 Å². The Morgan fingerprint density at radius 2 is 1.57 bits per heavy atom. The second-order valence-electron chi connectivity index (χ2n) is 2.96. The number of hydrogen-bond donors (Lipinski definition) is 1. The van der Waals surface area contributed by atoms with Crippen LogP contribution in [0.15, 0.2) is 23.6 Å². The van der Waals surface area contributed by atoms with E-state index in [1.807, 2.05) is 26.0 Å². The summed E-state index contributed by atoms with van der Waals surface area (Å²) in [6.07, 6.45) is 3.51. The molecule has 7 heteroatoms. The highest BCUT2D eigenvalue weighted by Crippen LogP contribution is 1.98. The first-order valence-corrected chi connectivity index (χ1v) is 5.27. The number of aromatic nitrogens is 2. The van der Waals surface area contributed by atoms with Crippen LogP contribution in [0.4, 0.5) is 0 Å². The third-order valence-electron chi connectivity index (χ3n) is 0.865. The van der Waals surface area contributed by atoms with Crippen molar-refractivity contribution < 1.29 is 8.42 Å². The van der Waals surface area contributed by atoms with Crippen LogP contribution in [0.2, 0.25) is 0 Å². The van der Waals surface area contributed by atoms with E-state index in [1.165, 1.54) is 6.33 Å². The van der Waals surface area contributed by atoms with Gasteiger partial charge in [-0.1, -0.05) is 0 Å². The van der Waals surface area contributed by atoms with Gasteiger partial charge in [0, 0.05) is 0 Å². The van der Waals surface area contributed by atoms with Gasteiger partial charge in [-0.2, -0.15) is 0 Å². The highest BCUT2D eigenvalue weighted by molar-refractivity contribution is 7.89. The lowest BCUT2D eigenvalue weighted by Gasteiger charge is -1.92. The van der Waals surface area contributed by atoms with Crippen LogP contribution in [0.3, 0.4) is 0 Å². The molecule has 0 spiro atoms. The molecule has 14 heavy (non-hydrogen) atoms. The number of hydrogen-bond acceptors (Lipinski definition) is 5. The number of nitrogens with two attached hydrogens (primary N) is 1. The van der Waals surface area contributed by atoms with Crippen molar-refractivity contribution in [2.24, 2.45) is 5.14 Å². The van der Waals surface area contributed by atoms with Gasteiger partial charge in [-0.05, 0) is 21.1 Å². The summed E-state index contributed by atoms with van der Waals surface area (Å²) >= 11 is 0. The summed E-state index contributed by atoms with van der Waals surface area (Å²) in [4.78, 5) is 8.89. The molecule has 1 heterocycles. The summed E-state index contributed by atoms with van der Waals surface area (Å²) in [5.74, 6) is 0. The molecule has 0 fully saturated rings. The smallest absolute Gasteiger partial charge is 0.241 e. The van der Waals surface area contributed by atoms with E-state index in [4.69, 9.17) is 5.14 Å². The molecule has 0 aliphatic carbocycles. The molecule has 2 N–H and O–H groups in total. The molecule has 0 amide bonds. The minimum absolute atomic E-state index is 0.0741. The van der Waals surface area contributed by atoms with E-state index >= 15 is 0 Å². The van der Waals surface area contributed by atoms with E-state index < -0.39 is 10.0 Å². The maximum Gasteiger partial charge on any atom is 0.241 e. The van der Waals surface area contributed by atoms with Crippen molar-refractivity contribution >= 4 is 10.0 Å². The topological polar surface area (TPSA) is 89.2 Å². The van der Waals surface area contributed by atoms with Gasteiger partial charge in [-0.25, -0.2) is 23.5 Å². The zero-order valence-corrected chi connectivity index (χ0v) is 9.19. The summed E-state index contributed by atoms with van der Waals surface area (Å²) < 4.78 is 21.1. The lowest BCUT2D eigenvalue weighted by Crippen LogP contribution is -2.12. The molecule has 1 rings (SSSR count). The molecule has 6 nitrogen and oxygen atoms in total. The molecule has 1 aromatic heterocycles. The Kier molecular flexibility index (Phi) is 5.21. The first kappa shape index (κ1) is 12.9. The van der Waals surface area contributed by atoms with Gasteiger partial charge in [0.25, 0.3) is 0 Å². The van der Waals surface area contributed by atoms with Crippen molar-refractivity contribution in [1.82, 2.24) is 14.9 Å². The predicted molar refractivity (Wildman–Crippen MR) is 53.0 cm³/mol. The Balaban J connectivity index is 0.000000364. The van der Waals surface area contributed by atoms with Crippen molar-refractivity contribution in [3.8, 4) is 0 Å². The third kappa shape index (κ3) is 6.46. The fourth-order valence-electron chi connectivity index (χ4n) is 0.432. The number of nitrogens with zero attached hydrogens (tertiary/aromatic N) is 3. The van der Waals surface area contributed by atoms with Gasteiger partial charge in [-0.3, -0.25) is 0 Å². The van der Waals surface area contributed by atoms with Gasteiger partial charge < -0.3 is 4.90 Å². The van der Waals surface area contributed by atoms with E-state index in [1.54, 1.807) is 0 Å². The molecule has 0 unspecified atom stereocenters. The van der Waals surface area contributed by atoms with Crippen LogP contribution in [-0.4, -0.2) is 44.4 Å². The van der Waals surface area contributed by atoms with Crippen LogP contribution < -0.4 is 5.14 Å². The van der Waals surface area contributed by atoms with Crippen LogP contribution in [0.5, 0.6) is 0 Å². The Labute approximate surface area is 83.8 Å². The quantitative estimate of drug-likeness (QED) is 0.673. The highest BCUT2D eigenvalue weighted by atomic mass is 32.2. The Hall–Kier alpha value is -1.05. The van der Waals surface area contributed by atoms with Crippen molar-refractivity contribution in [3.05, 3.63) is 18.7 Å². The molecule has 0 aliphatic heterocycles. The van der Waals surface area contributed by atoms with Gasteiger partial charge in [0.15, 0.2) is 0 Å². The van der Waals surface area contributed by atoms with Gasteiger partial charge >= 0.3 is 0 Å². The van der Waals surface area contributed by atoms with E-state index in [9.17, 15) is 8.42 Å². The van der Waals surface area contributed by atoms with Gasteiger partial charge in [-0.15, -0.1) is 0 Å². The average Bonchev–Trinajstić information content (AvgIpc) is 2.03. The standard InChI is InChI=1S/C4H5N3O2S.C3H9N/c5-10(8,9)4-1-6-3-7-2-4;1-4(2)3/h1-3H,(H2,5,8,9);1-3H3. The van der Waals surface area contributed by atoms with Crippen LogP contribution in [0, 0.1) is 0 Å². The fourth-order valence-corrected chi connectivity index (χ4v) is 0.848. The van der Waals surface area contributed by atoms with Crippen LogP contribution >= 0.6 is 0 Å². The number of sulfonamides is 1. The molecule has 0 aromatic carbocycles. The fraction of sp³-hybridized carbons (Fsp3) is 0.429. The summed E-state index contributed by atoms with van der Waals surface area (Å²) in [6, 6.07) is 0. The summed E-state index contributed by atoms with van der Waals surface area (Å²) in [7, 11) is 2.37. The first-order valence-electron chi connectivity index (χ1n) is 3.72. The number of primary sulfonamides is 1. The average molecular weight is 218 g/mol. The minimum Gasteiger partial charge on any atom is -0.312 e. The molecule has 80 valence electrons. The van der Waals surface area contributed by atoms with Gasteiger partial charge in [0.1, 0.15) is 11.2 Å². The maximum absolute atomic E-state index is 10.5. The van der Waals surface area contributed by atoms with Crippen molar-refractivity contribution in [2.75, 3.05) is 21.1 Å². The Morgan fingerprint density at radius 3 is 1.79 bits per heavy atom. The highest BCUT2D eigenvalue weighted by Gasteiger charge is 2.05. The molecule has 0 aliphatic rings. The normalized spacial score (nSPS) is 10.6. The SMILES string of the molecule is CN(C)C.NS(=O)(=O)c1cncnc1. The Morgan fingerprint density at radius 1 is 1.21 bits per heavy atom. The largest absolute Gasteiger partial charge is 0.312 e. The lowest BCUT2D eigenvalue weighted by molar-refractivity contribution is 0.505. The van der Waals surface area contributed by atoms with E-state index in [2.05, 4.69) is 9.97 Å². The molecule has 1 aromatic rings. The first-order chi connectivity index (χ1) is 6.34. The zero-order chi connectivity index (χ0) is 11.2. The predicted octanol–water partition coefficient (Wildman–Crippen LogP) is -0.698. The molecule has 0 radical (unpaired) electrons. The zero-order valence-electron chi connectivity index (χ0n) is 8.38. The summed E-state index contributed by atoms with van der Waals surface area (Å²) in [6.45, 7) is 0. The molecule has 0 saturated carbocycles.